The van der Waals surface area contributed by atoms with Gasteiger partial charge >= 0.3 is 11.9 Å². The van der Waals surface area contributed by atoms with E-state index in [4.69, 9.17) is 18.9 Å². The lowest BCUT2D eigenvalue weighted by molar-refractivity contribution is -0.143. The van der Waals surface area contributed by atoms with Crippen molar-refractivity contribution in [2.45, 2.75) is 41.5 Å². The highest BCUT2D eigenvalue weighted by Crippen LogP contribution is 2.51. The molecule has 4 rings (SSSR count). The van der Waals surface area contributed by atoms with E-state index in [0.29, 0.717) is 21.9 Å². The highest BCUT2D eigenvalue weighted by Gasteiger charge is 2.35. The van der Waals surface area contributed by atoms with E-state index in [1.807, 2.05) is 0 Å². The Labute approximate surface area is 220 Å². The molecular weight excluding hydrogens is 490 g/mol. The van der Waals surface area contributed by atoms with E-state index >= 15 is 0 Å². The quantitative estimate of drug-likeness (QED) is 0.281. The lowest BCUT2D eigenvalue weighted by Gasteiger charge is -2.27. The summed E-state index contributed by atoms with van der Waals surface area (Å²) < 4.78 is 23.9. The zero-order valence-electron chi connectivity index (χ0n) is 23.0. The topological polar surface area (TPSA) is 110 Å². The summed E-state index contributed by atoms with van der Waals surface area (Å²) in [7, 11) is 4.36. The van der Waals surface area contributed by atoms with Crippen molar-refractivity contribution < 1.29 is 33.3 Å². The second-order valence-corrected chi connectivity index (χ2v) is 11.3. The Hall–Kier alpha value is -4.14. The van der Waals surface area contributed by atoms with Crippen molar-refractivity contribution in [3.05, 3.63) is 45.9 Å². The molecule has 1 aromatic heterocycles. The maximum Gasteiger partial charge on any atom is 0.316 e. The number of carbonyl (C=O) groups excluding carboxylic acids is 3. The van der Waals surface area contributed by atoms with Gasteiger partial charge in [0.05, 0.1) is 25.0 Å². The summed E-state index contributed by atoms with van der Waals surface area (Å²) >= 11 is 0. The lowest BCUT2D eigenvalue weighted by Crippen LogP contribution is -2.28. The van der Waals surface area contributed by atoms with Gasteiger partial charge in [0, 0.05) is 35.2 Å². The van der Waals surface area contributed by atoms with E-state index < -0.39 is 34.1 Å². The van der Waals surface area contributed by atoms with Crippen LogP contribution in [0.3, 0.4) is 0 Å². The Kier molecular flexibility index (Phi) is 6.38. The zero-order chi connectivity index (χ0) is 28.3. The van der Waals surface area contributed by atoms with E-state index in [-0.39, 0.29) is 34.3 Å². The summed E-state index contributed by atoms with van der Waals surface area (Å²) in [5, 5.41) is 0.885. The van der Waals surface area contributed by atoms with Crippen LogP contribution in [-0.4, -0.2) is 36.5 Å². The van der Waals surface area contributed by atoms with Crippen molar-refractivity contribution in [3.8, 4) is 34.1 Å². The molecule has 0 bridgehead atoms. The van der Waals surface area contributed by atoms with Crippen LogP contribution in [-0.2, 0) is 16.6 Å². The number of nitrogens with zero attached hydrogens (tertiary/aromatic N) is 1. The average Bonchev–Trinajstić information content (AvgIpc) is 2.82. The average molecular weight is 522 g/mol. The monoisotopic (exact) mass is 521 g/mol. The summed E-state index contributed by atoms with van der Waals surface area (Å²) in [6.45, 7) is 10.3. The Bertz CT molecular complexity index is 1580. The molecular formula is C29H31NO8. The third-order valence-corrected chi connectivity index (χ3v) is 6.32. The Morgan fingerprint density at radius 3 is 1.82 bits per heavy atom. The van der Waals surface area contributed by atoms with Gasteiger partial charge < -0.3 is 23.5 Å². The van der Waals surface area contributed by atoms with E-state index in [2.05, 4.69) is 0 Å². The van der Waals surface area contributed by atoms with Gasteiger partial charge in [-0.2, -0.15) is 0 Å². The van der Waals surface area contributed by atoms with Crippen LogP contribution < -0.4 is 24.5 Å². The molecule has 9 heteroatoms. The molecule has 1 aliphatic rings. The smallest absolute Gasteiger partial charge is 0.316 e. The molecule has 1 aliphatic carbocycles. The number of hydrogen-bond acceptors (Lipinski definition) is 8. The van der Waals surface area contributed by atoms with Gasteiger partial charge in [-0.05, 0) is 65.1 Å². The number of esters is 2. The molecule has 0 saturated heterocycles. The summed E-state index contributed by atoms with van der Waals surface area (Å²) in [5.41, 5.74) is -0.838. The summed E-state index contributed by atoms with van der Waals surface area (Å²) in [6, 6.07) is 5.92. The molecule has 0 radical (unpaired) electrons. The molecule has 38 heavy (non-hydrogen) atoms. The molecule has 200 valence electrons. The number of ketones is 1. The van der Waals surface area contributed by atoms with Crippen LogP contribution in [0.1, 0.15) is 57.6 Å². The fourth-order valence-corrected chi connectivity index (χ4v) is 4.17. The van der Waals surface area contributed by atoms with Crippen LogP contribution in [0, 0.1) is 10.8 Å². The number of ether oxygens (including phenoxy) is 4. The molecule has 3 aromatic rings. The zero-order valence-corrected chi connectivity index (χ0v) is 23.0. The molecule has 1 heterocycles. The first-order valence-electron chi connectivity index (χ1n) is 12.1. The third-order valence-electron chi connectivity index (χ3n) is 6.32. The number of pyridine rings is 1. The Morgan fingerprint density at radius 2 is 1.29 bits per heavy atom. The predicted molar refractivity (Wildman–Crippen MR) is 141 cm³/mol. The normalized spacial score (nSPS) is 12.7. The Balaban J connectivity index is 2.09. The van der Waals surface area contributed by atoms with E-state index in [9.17, 15) is 19.2 Å². The minimum Gasteiger partial charge on any atom is -0.493 e. The van der Waals surface area contributed by atoms with Gasteiger partial charge in [-0.15, -0.1) is 0 Å². The summed E-state index contributed by atoms with van der Waals surface area (Å²) in [5.74, 6) is -0.843. The summed E-state index contributed by atoms with van der Waals surface area (Å²) in [6.07, 6.45) is 0. The lowest BCUT2D eigenvalue weighted by atomic mass is 9.83. The maximum absolute atomic E-state index is 13.8. The largest absolute Gasteiger partial charge is 0.493 e. The van der Waals surface area contributed by atoms with E-state index in [1.54, 1.807) is 47.6 Å². The Morgan fingerprint density at radius 1 is 0.737 bits per heavy atom. The SMILES string of the molecule is COc1cc2c(cc1OC(=O)C(C)(C)C)C(=O)c1c3c-2c(OC)c(OC(=O)C(C)(C)C)cc3cc(=O)n1C. The molecule has 0 fully saturated rings. The maximum atomic E-state index is 13.8. The molecule has 0 saturated carbocycles. The molecule has 0 N–H and O–H groups in total. The molecule has 0 aliphatic heterocycles. The van der Waals surface area contributed by atoms with E-state index in [0.717, 1.165) is 0 Å². The minimum atomic E-state index is -0.807. The van der Waals surface area contributed by atoms with Crippen molar-refractivity contribution >= 4 is 28.5 Å². The molecule has 0 atom stereocenters. The van der Waals surface area contributed by atoms with Crippen LogP contribution in [0.5, 0.6) is 23.0 Å². The number of hydrogen-bond donors (Lipinski definition) is 0. The molecule has 0 unspecified atom stereocenters. The van der Waals surface area contributed by atoms with Crippen molar-refractivity contribution in [1.82, 2.24) is 4.57 Å². The fourth-order valence-electron chi connectivity index (χ4n) is 4.17. The van der Waals surface area contributed by atoms with Crippen LogP contribution in [0.2, 0.25) is 0 Å². The van der Waals surface area contributed by atoms with Crippen molar-refractivity contribution in [2.24, 2.45) is 17.9 Å². The van der Waals surface area contributed by atoms with E-state index in [1.165, 1.54) is 44.0 Å². The van der Waals surface area contributed by atoms with Crippen molar-refractivity contribution in [3.63, 3.8) is 0 Å². The van der Waals surface area contributed by atoms with Gasteiger partial charge in [0.1, 0.15) is 5.69 Å². The van der Waals surface area contributed by atoms with Crippen LogP contribution in [0.15, 0.2) is 29.1 Å². The van der Waals surface area contributed by atoms with Gasteiger partial charge in [0.15, 0.2) is 23.0 Å². The van der Waals surface area contributed by atoms with Gasteiger partial charge in [0.2, 0.25) is 5.78 Å². The van der Waals surface area contributed by atoms with Crippen molar-refractivity contribution in [1.29, 1.82) is 0 Å². The number of rotatable bonds is 4. The molecule has 2 aromatic carbocycles. The highest BCUT2D eigenvalue weighted by molar-refractivity contribution is 6.26. The number of carbonyl (C=O) groups is 3. The first kappa shape index (κ1) is 26.9. The summed E-state index contributed by atoms with van der Waals surface area (Å²) in [4.78, 5) is 52.1. The number of benzene rings is 2. The fraction of sp³-hybridized carbons (Fsp3) is 0.379. The van der Waals surface area contributed by atoms with Gasteiger partial charge in [-0.1, -0.05) is 0 Å². The molecule has 0 spiro atoms. The standard InChI is InChI=1S/C29H31NO8/c1-28(2,3)26(33)37-18-13-16-15(12-17(18)35-8)22-21-14(11-20(31)30(7)23(21)24(16)32)10-19(25(22)36-9)38-27(34)29(4,5)6/h10-13H,1-9H3. The molecule has 0 amide bonds. The minimum absolute atomic E-state index is 0.0643. The van der Waals surface area contributed by atoms with Gasteiger partial charge in [-0.25, -0.2) is 0 Å². The highest BCUT2D eigenvalue weighted by atomic mass is 16.6. The first-order valence-corrected chi connectivity index (χ1v) is 12.1. The second kappa shape index (κ2) is 9.01. The number of fused-ring (bicyclic) bond motifs is 2. The van der Waals surface area contributed by atoms with Crippen LogP contribution >= 0.6 is 0 Å². The van der Waals surface area contributed by atoms with Crippen LogP contribution in [0.4, 0.5) is 0 Å². The second-order valence-electron chi connectivity index (χ2n) is 11.3. The third kappa shape index (κ3) is 4.31. The predicted octanol–water partition coefficient (Wildman–Crippen LogP) is 4.67. The number of methoxy groups -OCH3 is 2. The van der Waals surface area contributed by atoms with Gasteiger partial charge in [-0.3, -0.25) is 19.2 Å². The van der Waals surface area contributed by atoms with Crippen LogP contribution in [0.25, 0.3) is 21.9 Å². The van der Waals surface area contributed by atoms with Gasteiger partial charge in [0.25, 0.3) is 5.56 Å². The number of aromatic nitrogens is 1. The molecule has 9 nitrogen and oxygen atoms in total. The van der Waals surface area contributed by atoms with Crippen molar-refractivity contribution in [2.75, 3.05) is 14.2 Å². The first-order chi connectivity index (χ1) is 17.6.